The second kappa shape index (κ2) is 21.1. The molecule has 0 bridgehead atoms. The molecule has 0 aliphatic carbocycles. The Morgan fingerprint density at radius 1 is 0.774 bits per heavy atom. The molecular weight excluding hydrogens is 394 g/mol. The summed E-state index contributed by atoms with van der Waals surface area (Å²) in [6.07, 6.45) is 12.4. The van der Waals surface area contributed by atoms with Crippen LogP contribution in [0.25, 0.3) is 0 Å². The van der Waals surface area contributed by atoms with Crippen LogP contribution in [0.4, 0.5) is 0 Å². The SMILES string of the molecule is C=CN(C)C(C)=O.CC(C)CCCCCOC(=O)C=CC(=O)OCCCCCC(C)C. The highest BCUT2D eigenvalue weighted by atomic mass is 16.5. The van der Waals surface area contributed by atoms with Crippen LogP contribution in [-0.4, -0.2) is 43.0 Å². The van der Waals surface area contributed by atoms with E-state index < -0.39 is 11.9 Å². The number of nitrogens with zero attached hydrogens (tertiary/aromatic N) is 1. The van der Waals surface area contributed by atoms with Crippen molar-refractivity contribution in [2.45, 2.75) is 86.0 Å². The van der Waals surface area contributed by atoms with Crippen molar-refractivity contribution in [3.05, 3.63) is 24.9 Å². The lowest BCUT2D eigenvalue weighted by molar-refractivity contribution is -0.140. The van der Waals surface area contributed by atoms with E-state index in [1.165, 1.54) is 30.9 Å². The molecule has 0 saturated carbocycles. The third-order valence-electron chi connectivity index (χ3n) is 4.47. The molecule has 0 heterocycles. The number of hydrogen-bond acceptors (Lipinski definition) is 5. The minimum Gasteiger partial charge on any atom is -0.463 e. The molecule has 0 N–H and O–H groups in total. The summed E-state index contributed by atoms with van der Waals surface area (Å²) in [5.74, 6) is 0.490. The molecule has 0 aliphatic rings. The van der Waals surface area contributed by atoms with E-state index in [-0.39, 0.29) is 5.91 Å². The summed E-state index contributed by atoms with van der Waals surface area (Å²) in [4.78, 5) is 34.5. The number of esters is 2. The topological polar surface area (TPSA) is 72.9 Å². The van der Waals surface area contributed by atoms with Gasteiger partial charge in [0.1, 0.15) is 0 Å². The van der Waals surface area contributed by atoms with Crippen LogP contribution in [0.15, 0.2) is 24.9 Å². The summed E-state index contributed by atoms with van der Waals surface area (Å²) >= 11 is 0. The highest BCUT2D eigenvalue weighted by molar-refractivity contribution is 5.91. The summed E-state index contributed by atoms with van der Waals surface area (Å²) in [5.41, 5.74) is 0. The fourth-order valence-electron chi connectivity index (χ4n) is 2.37. The van der Waals surface area contributed by atoms with Crippen LogP contribution in [0, 0.1) is 11.8 Å². The fraction of sp³-hybridized carbons (Fsp3) is 0.720. The summed E-state index contributed by atoms with van der Waals surface area (Å²) < 4.78 is 10.1. The smallest absolute Gasteiger partial charge is 0.331 e. The van der Waals surface area contributed by atoms with Crippen LogP contribution >= 0.6 is 0 Å². The first-order chi connectivity index (χ1) is 14.6. The lowest BCUT2D eigenvalue weighted by Crippen LogP contribution is -2.15. The average molecular weight is 440 g/mol. The Bertz CT molecular complexity index is 492. The summed E-state index contributed by atoms with van der Waals surface area (Å²) in [5, 5.41) is 0. The monoisotopic (exact) mass is 439 g/mol. The van der Waals surface area contributed by atoms with E-state index in [9.17, 15) is 14.4 Å². The van der Waals surface area contributed by atoms with E-state index in [0.717, 1.165) is 62.5 Å². The first kappa shape index (κ1) is 31.1. The highest BCUT2D eigenvalue weighted by Gasteiger charge is 2.02. The van der Waals surface area contributed by atoms with E-state index >= 15 is 0 Å². The minimum absolute atomic E-state index is 0.00926. The molecule has 0 spiro atoms. The number of carbonyl (C=O) groups excluding carboxylic acids is 3. The molecule has 0 aliphatic heterocycles. The molecule has 0 aromatic carbocycles. The molecule has 6 nitrogen and oxygen atoms in total. The molecule has 31 heavy (non-hydrogen) atoms. The lowest BCUT2D eigenvalue weighted by Gasteiger charge is -2.05. The second-order valence-electron chi connectivity index (χ2n) is 8.47. The summed E-state index contributed by atoms with van der Waals surface area (Å²) in [6.45, 7) is 14.5. The number of unbranched alkanes of at least 4 members (excludes halogenated alkanes) is 4. The number of rotatable bonds is 15. The van der Waals surface area contributed by atoms with Gasteiger partial charge in [0.2, 0.25) is 5.91 Å². The molecule has 0 radical (unpaired) electrons. The molecule has 180 valence electrons. The van der Waals surface area contributed by atoms with Crippen molar-refractivity contribution in [2.75, 3.05) is 20.3 Å². The number of hydrogen-bond donors (Lipinski definition) is 0. The molecule has 0 atom stereocenters. The summed E-state index contributed by atoms with van der Waals surface area (Å²) in [7, 11) is 1.66. The fourth-order valence-corrected chi connectivity index (χ4v) is 2.37. The Morgan fingerprint density at radius 2 is 1.16 bits per heavy atom. The van der Waals surface area contributed by atoms with Crippen LogP contribution in [0.1, 0.15) is 86.0 Å². The Labute approximate surface area is 190 Å². The van der Waals surface area contributed by atoms with Crippen molar-refractivity contribution in [1.29, 1.82) is 0 Å². The van der Waals surface area contributed by atoms with E-state index in [4.69, 9.17) is 9.47 Å². The molecule has 0 rings (SSSR count). The lowest BCUT2D eigenvalue weighted by atomic mass is 10.1. The third-order valence-corrected chi connectivity index (χ3v) is 4.47. The van der Waals surface area contributed by atoms with Gasteiger partial charge in [0, 0.05) is 26.1 Å². The maximum absolute atomic E-state index is 11.5. The third kappa shape index (κ3) is 25.9. The molecule has 0 fully saturated rings. The normalized spacial score (nSPS) is 10.6. The minimum atomic E-state index is -0.479. The zero-order valence-corrected chi connectivity index (χ0v) is 20.7. The van der Waals surface area contributed by atoms with Gasteiger partial charge in [0.25, 0.3) is 0 Å². The van der Waals surface area contributed by atoms with Crippen molar-refractivity contribution in [2.24, 2.45) is 11.8 Å². The van der Waals surface area contributed by atoms with Crippen LogP contribution in [0.5, 0.6) is 0 Å². The van der Waals surface area contributed by atoms with Crippen LogP contribution in [0.2, 0.25) is 0 Å². The first-order valence-corrected chi connectivity index (χ1v) is 11.5. The van der Waals surface area contributed by atoms with E-state index in [1.54, 1.807) is 7.05 Å². The molecule has 0 saturated heterocycles. The molecule has 0 aromatic heterocycles. The Kier molecular flexibility index (Phi) is 21.2. The second-order valence-corrected chi connectivity index (χ2v) is 8.47. The van der Waals surface area contributed by atoms with Gasteiger partial charge in [-0.15, -0.1) is 0 Å². The molecular formula is C25H45NO5. The van der Waals surface area contributed by atoms with Gasteiger partial charge in [-0.1, -0.05) is 72.8 Å². The van der Waals surface area contributed by atoms with Crippen LogP contribution in [-0.2, 0) is 23.9 Å². The van der Waals surface area contributed by atoms with Gasteiger partial charge in [-0.3, -0.25) is 4.79 Å². The highest BCUT2D eigenvalue weighted by Crippen LogP contribution is 2.09. The quantitative estimate of drug-likeness (QED) is 0.187. The summed E-state index contributed by atoms with van der Waals surface area (Å²) in [6, 6.07) is 0. The number of ether oxygens (including phenoxy) is 2. The molecule has 1 amide bonds. The van der Waals surface area contributed by atoms with Gasteiger partial charge >= 0.3 is 11.9 Å². The standard InChI is InChI=1S/C20H36O4.C5H9NO/c1-17(2)11-7-5-9-15-23-19(21)13-14-20(22)24-16-10-6-8-12-18(3)4;1-4-6(3)5(2)7/h13-14,17-18H,5-12,15-16H2,1-4H3;4H,1H2,2-3H3. The van der Waals surface area contributed by atoms with Gasteiger partial charge < -0.3 is 14.4 Å². The zero-order chi connectivity index (χ0) is 24.1. The Hall–Kier alpha value is -2.11. The van der Waals surface area contributed by atoms with E-state index in [1.807, 2.05) is 0 Å². The van der Waals surface area contributed by atoms with Gasteiger partial charge in [0.15, 0.2) is 0 Å². The van der Waals surface area contributed by atoms with Gasteiger partial charge in [-0.2, -0.15) is 0 Å². The number of amides is 1. The maximum Gasteiger partial charge on any atom is 0.331 e. The maximum atomic E-state index is 11.5. The van der Waals surface area contributed by atoms with Crippen LogP contribution in [0.3, 0.4) is 0 Å². The predicted molar refractivity (Wildman–Crippen MR) is 126 cm³/mol. The largest absolute Gasteiger partial charge is 0.463 e. The van der Waals surface area contributed by atoms with E-state index in [0.29, 0.717) is 13.2 Å². The molecule has 0 aromatic rings. The van der Waals surface area contributed by atoms with Gasteiger partial charge in [0.05, 0.1) is 13.2 Å². The van der Waals surface area contributed by atoms with Crippen molar-refractivity contribution < 1.29 is 23.9 Å². The molecule has 0 unspecified atom stereocenters. The van der Waals surface area contributed by atoms with Crippen molar-refractivity contribution >= 4 is 17.8 Å². The van der Waals surface area contributed by atoms with Crippen molar-refractivity contribution in [3.8, 4) is 0 Å². The number of carbonyl (C=O) groups is 3. The zero-order valence-electron chi connectivity index (χ0n) is 20.7. The van der Waals surface area contributed by atoms with E-state index in [2.05, 4.69) is 34.3 Å². The predicted octanol–water partition coefficient (Wildman–Crippen LogP) is 5.67. The van der Waals surface area contributed by atoms with Gasteiger partial charge in [-0.25, -0.2) is 9.59 Å². The molecule has 6 heteroatoms. The Morgan fingerprint density at radius 3 is 1.42 bits per heavy atom. The Balaban J connectivity index is 0. The van der Waals surface area contributed by atoms with Crippen molar-refractivity contribution in [1.82, 2.24) is 4.90 Å². The van der Waals surface area contributed by atoms with Crippen LogP contribution < -0.4 is 0 Å². The van der Waals surface area contributed by atoms with Gasteiger partial charge in [-0.05, 0) is 30.9 Å². The van der Waals surface area contributed by atoms with Crippen molar-refractivity contribution in [3.63, 3.8) is 0 Å². The first-order valence-electron chi connectivity index (χ1n) is 11.5. The average Bonchev–Trinajstić information content (AvgIpc) is 2.70.